The van der Waals surface area contributed by atoms with Crippen LogP contribution in [0.15, 0.2) is 12.7 Å². The van der Waals surface area contributed by atoms with Crippen LogP contribution in [0, 0.1) is 23.2 Å². The molecule has 0 bridgehead atoms. The highest BCUT2D eigenvalue weighted by molar-refractivity contribution is 5.87. The molecule has 2 aliphatic heterocycles. The van der Waals surface area contributed by atoms with Crippen molar-refractivity contribution in [3.8, 4) is 6.07 Å². The molecule has 1 aromatic heterocycles. The lowest BCUT2D eigenvalue weighted by Gasteiger charge is -2.43. The minimum Gasteiger partial charge on any atom is -0.352 e. The Kier molecular flexibility index (Phi) is 4.93. The summed E-state index contributed by atoms with van der Waals surface area (Å²) in [6.07, 6.45) is 8.83. The van der Waals surface area contributed by atoms with Gasteiger partial charge in [-0.05, 0) is 68.1 Å². The van der Waals surface area contributed by atoms with Crippen molar-refractivity contribution < 1.29 is 9.59 Å². The number of hydrogen-bond acceptors (Lipinski definition) is 5. The minimum atomic E-state index is -0.0862. The number of pyridine rings is 1. The van der Waals surface area contributed by atoms with Crippen LogP contribution in [0.1, 0.15) is 66.8 Å². The molecular weight excluding hydrogens is 414 g/mol. The molecule has 5 aliphatic rings. The summed E-state index contributed by atoms with van der Waals surface area (Å²) in [6.45, 7) is 6.91. The highest BCUT2D eigenvalue weighted by atomic mass is 16.2. The smallest absolute Gasteiger partial charge is 0.246 e. The van der Waals surface area contributed by atoms with Crippen molar-refractivity contribution in [3.05, 3.63) is 35.0 Å². The van der Waals surface area contributed by atoms with Crippen molar-refractivity contribution in [2.75, 3.05) is 31.1 Å². The molecule has 172 valence electrons. The third kappa shape index (κ3) is 3.70. The Labute approximate surface area is 195 Å². The molecule has 3 saturated carbocycles. The third-order valence-corrected chi connectivity index (χ3v) is 8.06. The number of amides is 2. The molecule has 1 aromatic rings. The van der Waals surface area contributed by atoms with Crippen LogP contribution in [0.4, 0.5) is 5.82 Å². The number of rotatable bonds is 5. The average Bonchev–Trinajstić information content (AvgIpc) is 3.70. The summed E-state index contributed by atoms with van der Waals surface area (Å²) in [5.74, 6) is 2.31. The van der Waals surface area contributed by atoms with E-state index >= 15 is 0 Å². The first-order chi connectivity index (χ1) is 16.1. The third-order valence-electron chi connectivity index (χ3n) is 8.06. The monoisotopic (exact) mass is 445 g/mol. The maximum Gasteiger partial charge on any atom is 0.246 e. The second-order valence-electron chi connectivity index (χ2n) is 10.4. The first-order valence-corrected chi connectivity index (χ1v) is 12.5. The zero-order valence-electron chi connectivity index (χ0n) is 19.1. The molecule has 0 N–H and O–H groups in total. The van der Waals surface area contributed by atoms with E-state index in [1.807, 2.05) is 0 Å². The minimum absolute atomic E-state index is 0.0862. The highest BCUT2D eigenvalue weighted by Gasteiger charge is 2.45. The number of nitrogens with zero attached hydrogens (tertiary/aromatic N) is 5. The fourth-order valence-corrected chi connectivity index (χ4v) is 5.73. The maximum absolute atomic E-state index is 12.9. The number of fused-ring (bicyclic) bond motifs is 1. The average molecular weight is 446 g/mol. The molecule has 7 heteroatoms. The molecule has 1 unspecified atom stereocenters. The Morgan fingerprint density at radius 2 is 1.85 bits per heavy atom. The summed E-state index contributed by atoms with van der Waals surface area (Å²) in [6, 6.07) is 2.68. The van der Waals surface area contributed by atoms with E-state index < -0.39 is 0 Å². The first kappa shape index (κ1) is 20.7. The van der Waals surface area contributed by atoms with Gasteiger partial charge < -0.3 is 14.7 Å². The lowest BCUT2D eigenvalue weighted by atomic mass is 9.92. The molecule has 7 nitrogen and oxygen atoms in total. The number of nitriles is 1. The normalized spacial score (nSPS) is 24.8. The van der Waals surface area contributed by atoms with Gasteiger partial charge in [-0.15, -0.1) is 0 Å². The van der Waals surface area contributed by atoms with Crippen LogP contribution in [0.5, 0.6) is 0 Å². The first-order valence-electron chi connectivity index (χ1n) is 12.5. The van der Waals surface area contributed by atoms with E-state index in [4.69, 9.17) is 4.98 Å². The summed E-state index contributed by atoms with van der Waals surface area (Å²) >= 11 is 0. The number of anilines is 1. The Balaban J connectivity index is 1.36. The number of carbonyl (C=O) groups excluding carboxylic acids is 2. The Morgan fingerprint density at radius 1 is 1.06 bits per heavy atom. The molecule has 1 atom stereocenters. The van der Waals surface area contributed by atoms with Crippen LogP contribution in [0.2, 0.25) is 0 Å². The van der Waals surface area contributed by atoms with Crippen molar-refractivity contribution in [2.24, 2.45) is 11.8 Å². The topological polar surface area (TPSA) is 80.5 Å². The molecule has 1 saturated heterocycles. The largest absolute Gasteiger partial charge is 0.352 e. The predicted molar refractivity (Wildman–Crippen MR) is 123 cm³/mol. The van der Waals surface area contributed by atoms with Gasteiger partial charge in [0.2, 0.25) is 11.8 Å². The van der Waals surface area contributed by atoms with E-state index in [-0.39, 0.29) is 17.9 Å². The summed E-state index contributed by atoms with van der Waals surface area (Å²) < 4.78 is 0. The lowest BCUT2D eigenvalue weighted by molar-refractivity contribution is -0.135. The van der Waals surface area contributed by atoms with E-state index in [1.54, 1.807) is 4.90 Å². The van der Waals surface area contributed by atoms with Crippen LogP contribution in [-0.4, -0.2) is 58.8 Å². The Morgan fingerprint density at radius 3 is 2.48 bits per heavy atom. The van der Waals surface area contributed by atoms with Crippen LogP contribution in [-0.2, 0) is 22.6 Å². The molecule has 0 spiro atoms. The zero-order valence-corrected chi connectivity index (χ0v) is 19.1. The molecule has 0 aromatic carbocycles. The van der Waals surface area contributed by atoms with E-state index in [1.165, 1.54) is 24.5 Å². The van der Waals surface area contributed by atoms with E-state index in [0.29, 0.717) is 49.5 Å². The van der Waals surface area contributed by atoms with Crippen LogP contribution in [0.25, 0.3) is 0 Å². The molecule has 3 heterocycles. The summed E-state index contributed by atoms with van der Waals surface area (Å²) in [5, 5.41) is 10.2. The SMILES string of the molecule is C=CC(=O)N1CCc2c(C3CC3)nc(N3CCN(C(=O)C4CC4)C(C4CC4)C3)c(C#N)c2C1. The number of carbonyl (C=O) groups is 2. The number of aromatic nitrogens is 1. The standard InChI is InChI=1S/C26H31N5O2/c1-2-23(32)29-10-9-19-21(14-29)20(13-27)25(28-24(19)17-5-6-17)30-11-12-31(26(33)18-7-8-18)22(15-30)16-3-4-16/h2,16-18,22H,1,3-12,14-15H2. The molecular formula is C26H31N5O2. The van der Waals surface area contributed by atoms with Crippen LogP contribution >= 0.6 is 0 Å². The molecule has 4 fully saturated rings. The lowest BCUT2D eigenvalue weighted by Crippen LogP contribution is -2.57. The summed E-state index contributed by atoms with van der Waals surface area (Å²) in [5.41, 5.74) is 3.93. The van der Waals surface area contributed by atoms with Gasteiger partial charge in [0.25, 0.3) is 0 Å². The Hall–Kier alpha value is -2.88. The number of piperazine rings is 1. The quantitative estimate of drug-likeness (QED) is 0.651. The van der Waals surface area contributed by atoms with Gasteiger partial charge in [-0.25, -0.2) is 4.98 Å². The van der Waals surface area contributed by atoms with Gasteiger partial charge in [0.05, 0.1) is 11.6 Å². The predicted octanol–water partition coefficient (Wildman–Crippen LogP) is 2.74. The highest BCUT2D eigenvalue weighted by Crippen LogP contribution is 2.45. The second-order valence-corrected chi connectivity index (χ2v) is 10.4. The van der Waals surface area contributed by atoms with E-state index in [0.717, 1.165) is 55.7 Å². The van der Waals surface area contributed by atoms with E-state index in [2.05, 4.69) is 22.4 Å². The summed E-state index contributed by atoms with van der Waals surface area (Å²) in [4.78, 5) is 36.6. The molecule has 0 radical (unpaired) electrons. The van der Waals surface area contributed by atoms with Gasteiger partial charge in [0.15, 0.2) is 0 Å². The van der Waals surface area contributed by atoms with Crippen molar-refractivity contribution in [2.45, 2.75) is 63.5 Å². The van der Waals surface area contributed by atoms with Crippen molar-refractivity contribution >= 4 is 17.6 Å². The van der Waals surface area contributed by atoms with Crippen LogP contribution < -0.4 is 4.90 Å². The Bertz CT molecular complexity index is 1060. The van der Waals surface area contributed by atoms with Crippen molar-refractivity contribution in [1.29, 1.82) is 5.26 Å². The summed E-state index contributed by atoms with van der Waals surface area (Å²) in [7, 11) is 0. The molecule has 2 amide bonds. The fraction of sp³-hybridized carbons (Fsp3) is 0.615. The molecule has 6 rings (SSSR count). The van der Waals surface area contributed by atoms with Gasteiger partial charge in [-0.2, -0.15) is 5.26 Å². The van der Waals surface area contributed by atoms with Gasteiger partial charge >= 0.3 is 0 Å². The zero-order chi connectivity index (χ0) is 22.7. The van der Waals surface area contributed by atoms with Crippen molar-refractivity contribution in [1.82, 2.24) is 14.8 Å². The van der Waals surface area contributed by atoms with E-state index in [9.17, 15) is 14.9 Å². The molecule has 3 aliphatic carbocycles. The van der Waals surface area contributed by atoms with Gasteiger partial charge in [0.1, 0.15) is 11.9 Å². The van der Waals surface area contributed by atoms with Crippen LogP contribution in [0.3, 0.4) is 0 Å². The van der Waals surface area contributed by atoms with Crippen molar-refractivity contribution in [3.63, 3.8) is 0 Å². The van der Waals surface area contributed by atoms with Gasteiger partial charge in [-0.1, -0.05) is 6.58 Å². The number of hydrogen-bond donors (Lipinski definition) is 0. The molecule has 33 heavy (non-hydrogen) atoms. The maximum atomic E-state index is 12.9. The van der Waals surface area contributed by atoms with Gasteiger partial charge in [0, 0.05) is 50.3 Å². The second kappa shape index (κ2) is 7.86. The van der Waals surface area contributed by atoms with Gasteiger partial charge in [-0.3, -0.25) is 9.59 Å². The fourth-order valence-electron chi connectivity index (χ4n) is 5.73.